The number of nitrogens with zero attached hydrogens (tertiary/aromatic N) is 2. The summed E-state index contributed by atoms with van der Waals surface area (Å²) in [7, 11) is 0. The topological polar surface area (TPSA) is 84.6 Å². The number of hydrogen-bond acceptors (Lipinski definition) is 5. The van der Waals surface area contributed by atoms with Gasteiger partial charge < -0.3 is 0 Å². The Balaban J connectivity index is 2.09. The number of carbonyl (C=O) groups is 1. The van der Waals surface area contributed by atoms with Crippen LogP contribution in [0.15, 0.2) is 41.5 Å². The summed E-state index contributed by atoms with van der Waals surface area (Å²) in [6, 6.07) is 9.12. The van der Waals surface area contributed by atoms with Gasteiger partial charge in [-0.2, -0.15) is 5.10 Å². The molecule has 0 saturated heterocycles. The lowest BCUT2D eigenvalue weighted by molar-refractivity contribution is -0.385. The van der Waals surface area contributed by atoms with Gasteiger partial charge in [0.05, 0.1) is 15.5 Å². The molecule has 0 spiro atoms. The lowest BCUT2D eigenvalue weighted by Gasteiger charge is -2.00. The van der Waals surface area contributed by atoms with E-state index in [-0.39, 0.29) is 11.3 Å². The highest BCUT2D eigenvalue weighted by Crippen LogP contribution is 2.20. The minimum absolute atomic E-state index is 0.0427. The number of carbonyl (C=O) groups excluding carboxylic acids is 1. The highest BCUT2D eigenvalue weighted by molar-refractivity contribution is 7.17. The summed E-state index contributed by atoms with van der Waals surface area (Å²) in [4.78, 5) is 22.8. The molecule has 0 aliphatic heterocycles. The van der Waals surface area contributed by atoms with Crippen molar-refractivity contribution in [1.82, 2.24) is 5.43 Å². The molecule has 0 fully saturated rings. The first-order chi connectivity index (χ1) is 9.58. The van der Waals surface area contributed by atoms with Crippen molar-refractivity contribution in [2.75, 3.05) is 0 Å². The molecule has 0 radical (unpaired) electrons. The van der Waals surface area contributed by atoms with E-state index in [1.807, 2.05) is 0 Å². The average Bonchev–Trinajstić information content (AvgIpc) is 2.84. The van der Waals surface area contributed by atoms with Gasteiger partial charge in [0.25, 0.3) is 11.6 Å². The normalized spacial score (nSPS) is 10.7. The number of rotatable bonds is 4. The van der Waals surface area contributed by atoms with Crippen LogP contribution < -0.4 is 5.43 Å². The van der Waals surface area contributed by atoms with E-state index in [0.717, 1.165) is 4.88 Å². The molecule has 20 heavy (non-hydrogen) atoms. The van der Waals surface area contributed by atoms with Gasteiger partial charge in [-0.1, -0.05) is 23.7 Å². The molecule has 0 saturated carbocycles. The molecule has 102 valence electrons. The molecule has 6 nitrogen and oxygen atoms in total. The van der Waals surface area contributed by atoms with Gasteiger partial charge in [0.15, 0.2) is 0 Å². The standard InChI is InChI=1S/C12H8ClN3O3S/c13-11-6-5-8(20-11)7-14-15-12(17)9-3-1-2-4-10(9)16(18)19/h1-7H,(H,15,17)/b14-7+. The van der Waals surface area contributed by atoms with E-state index >= 15 is 0 Å². The van der Waals surface area contributed by atoms with Crippen molar-refractivity contribution in [2.24, 2.45) is 5.10 Å². The Morgan fingerprint density at radius 1 is 1.35 bits per heavy atom. The summed E-state index contributed by atoms with van der Waals surface area (Å²) < 4.78 is 0.608. The second-order valence-corrected chi connectivity index (χ2v) is 5.36. The number of benzene rings is 1. The summed E-state index contributed by atoms with van der Waals surface area (Å²) in [5.41, 5.74) is 1.93. The van der Waals surface area contributed by atoms with Gasteiger partial charge in [-0.3, -0.25) is 14.9 Å². The lowest BCUT2D eigenvalue weighted by Crippen LogP contribution is -2.18. The number of nitro groups is 1. The summed E-state index contributed by atoms with van der Waals surface area (Å²) in [6.07, 6.45) is 1.42. The number of nitro benzene ring substituents is 1. The van der Waals surface area contributed by atoms with E-state index in [1.165, 1.54) is 35.8 Å². The molecule has 2 rings (SSSR count). The molecule has 1 amide bonds. The van der Waals surface area contributed by atoms with Crippen LogP contribution in [-0.2, 0) is 0 Å². The predicted molar refractivity (Wildman–Crippen MR) is 77.5 cm³/mol. The van der Waals surface area contributed by atoms with Crippen LogP contribution in [-0.4, -0.2) is 17.0 Å². The van der Waals surface area contributed by atoms with Gasteiger partial charge in [-0.05, 0) is 18.2 Å². The third kappa shape index (κ3) is 3.40. The number of halogens is 1. The molecule has 1 heterocycles. The summed E-state index contributed by atoms with van der Waals surface area (Å²) >= 11 is 7.05. The molecule has 0 atom stereocenters. The van der Waals surface area contributed by atoms with Crippen LogP contribution in [0, 0.1) is 10.1 Å². The zero-order valence-corrected chi connectivity index (χ0v) is 11.5. The van der Waals surface area contributed by atoms with Crippen LogP contribution in [0.25, 0.3) is 0 Å². The third-order valence-electron chi connectivity index (χ3n) is 2.30. The van der Waals surface area contributed by atoms with Crippen LogP contribution in [0.5, 0.6) is 0 Å². The SMILES string of the molecule is O=C(N/N=C/c1ccc(Cl)s1)c1ccccc1[N+](=O)[O-]. The van der Waals surface area contributed by atoms with Gasteiger partial charge in [0.2, 0.25) is 0 Å². The minimum atomic E-state index is -0.642. The maximum Gasteiger partial charge on any atom is 0.282 e. The number of thiophene rings is 1. The van der Waals surface area contributed by atoms with E-state index in [1.54, 1.807) is 18.2 Å². The maximum absolute atomic E-state index is 11.8. The molecule has 1 aromatic heterocycles. The van der Waals surface area contributed by atoms with Crippen molar-refractivity contribution in [2.45, 2.75) is 0 Å². The zero-order valence-electron chi connectivity index (χ0n) is 9.95. The fourth-order valence-corrected chi connectivity index (χ4v) is 2.37. The Bertz CT molecular complexity index is 684. The van der Waals surface area contributed by atoms with Gasteiger partial charge in [-0.25, -0.2) is 5.43 Å². The van der Waals surface area contributed by atoms with Gasteiger partial charge in [-0.15, -0.1) is 11.3 Å². The summed E-state index contributed by atoms with van der Waals surface area (Å²) in [5, 5.41) is 14.5. The number of para-hydroxylation sites is 1. The number of hydrogen-bond donors (Lipinski definition) is 1. The maximum atomic E-state index is 11.8. The molecule has 2 aromatic rings. The largest absolute Gasteiger partial charge is 0.282 e. The number of nitrogens with one attached hydrogen (secondary N) is 1. The Hall–Kier alpha value is -2.25. The fraction of sp³-hybridized carbons (Fsp3) is 0. The Morgan fingerprint density at radius 2 is 2.10 bits per heavy atom. The molecular weight excluding hydrogens is 302 g/mol. The van der Waals surface area contributed by atoms with Crippen molar-refractivity contribution < 1.29 is 9.72 Å². The molecule has 0 bridgehead atoms. The molecule has 0 unspecified atom stereocenters. The molecule has 0 aliphatic carbocycles. The second kappa shape index (κ2) is 6.27. The van der Waals surface area contributed by atoms with Crippen molar-refractivity contribution in [3.8, 4) is 0 Å². The Kier molecular flexibility index (Phi) is 4.44. The first-order valence-corrected chi connectivity index (χ1v) is 6.59. The Labute approximate surface area is 122 Å². The quantitative estimate of drug-likeness (QED) is 0.535. The van der Waals surface area contributed by atoms with E-state index in [2.05, 4.69) is 10.5 Å². The van der Waals surface area contributed by atoms with Crippen molar-refractivity contribution in [3.63, 3.8) is 0 Å². The molecule has 0 aliphatic rings. The van der Waals surface area contributed by atoms with Crippen LogP contribution in [0.3, 0.4) is 0 Å². The highest BCUT2D eigenvalue weighted by Gasteiger charge is 2.18. The monoisotopic (exact) mass is 309 g/mol. The van der Waals surface area contributed by atoms with Crippen LogP contribution in [0.1, 0.15) is 15.2 Å². The number of amides is 1. The first-order valence-electron chi connectivity index (χ1n) is 5.40. The van der Waals surface area contributed by atoms with E-state index in [4.69, 9.17) is 11.6 Å². The first kappa shape index (κ1) is 14.2. The molecule has 1 aromatic carbocycles. The van der Waals surface area contributed by atoms with Gasteiger partial charge in [0.1, 0.15) is 5.56 Å². The van der Waals surface area contributed by atoms with E-state index in [9.17, 15) is 14.9 Å². The van der Waals surface area contributed by atoms with Crippen molar-refractivity contribution in [1.29, 1.82) is 0 Å². The van der Waals surface area contributed by atoms with Crippen LogP contribution in [0.2, 0.25) is 4.34 Å². The Morgan fingerprint density at radius 3 is 2.75 bits per heavy atom. The number of hydrazone groups is 1. The second-order valence-electron chi connectivity index (χ2n) is 3.62. The van der Waals surface area contributed by atoms with Crippen LogP contribution in [0.4, 0.5) is 5.69 Å². The lowest BCUT2D eigenvalue weighted by atomic mass is 10.2. The average molecular weight is 310 g/mol. The predicted octanol–water partition coefficient (Wildman–Crippen LogP) is 3.07. The summed E-state index contributed by atoms with van der Waals surface area (Å²) in [6.45, 7) is 0. The minimum Gasteiger partial charge on any atom is -0.267 e. The van der Waals surface area contributed by atoms with Crippen LogP contribution >= 0.6 is 22.9 Å². The fourth-order valence-electron chi connectivity index (χ4n) is 1.44. The zero-order chi connectivity index (χ0) is 14.5. The van der Waals surface area contributed by atoms with E-state index < -0.39 is 10.8 Å². The van der Waals surface area contributed by atoms with Crippen molar-refractivity contribution >= 4 is 40.7 Å². The van der Waals surface area contributed by atoms with Gasteiger partial charge >= 0.3 is 0 Å². The van der Waals surface area contributed by atoms with Crippen molar-refractivity contribution in [3.05, 3.63) is 61.3 Å². The van der Waals surface area contributed by atoms with Gasteiger partial charge in [0, 0.05) is 10.9 Å². The molecule has 1 N–H and O–H groups in total. The highest BCUT2D eigenvalue weighted by atomic mass is 35.5. The third-order valence-corrected chi connectivity index (χ3v) is 3.46. The molecule has 8 heteroatoms. The summed E-state index contributed by atoms with van der Waals surface area (Å²) in [5.74, 6) is -0.642. The molecular formula is C12H8ClN3O3S. The van der Waals surface area contributed by atoms with E-state index in [0.29, 0.717) is 4.34 Å². The smallest absolute Gasteiger partial charge is 0.267 e.